The van der Waals surface area contributed by atoms with Gasteiger partial charge in [0.2, 0.25) is 0 Å². The number of fused-ring (bicyclic) bond motifs is 1. The molecule has 0 spiro atoms. The summed E-state index contributed by atoms with van der Waals surface area (Å²) in [6.45, 7) is 2.03. The molecular formula is C19H16O6. The van der Waals surface area contributed by atoms with Crippen LogP contribution in [0.25, 0.3) is 11.0 Å². The number of hydrogen-bond donors (Lipinski definition) is 1. The third-order valence-electron chi connectivity index (χ3n) is 3.85. The van der Waals surface area contributed by atoms with Gasteiger partial charge in [0.15, 0.2) is 0 Å². The van der Waals surface area contributed by atoms with Gasteiger partial charge in [0.05, 0.1) is 12.7 Å². The smallest absolute Gasteiger partial charge is 0.336 e. The van der Waals surface area contributed by atoms with Crippen LogP contribution in [0, 0.1) is 6.92 Å². The fraction of sp³-hybridized carbons (Fsp3) is 0.158. The Kier molecular flexibility index (Phi) is 4.43. The lowest BCUT2D eigenvalue weighted by atomic mass is 10.1. The normalized spacial score (nSPS) is 10.6. The number of aryl methyl sites for hydroxylation is 1. The van der Waals surface area contributed by atoms with E-state index in [0.717, 1.165) is 10.9 Å². The van der Waals surface area contributed by atoms with Gasteiger partial charge in [0, 0.05) is 23.1 Å². The van der Waals surface area contributed by atoms with Crippen molar-refractivity contribution in [2.24, 2.45) is 0 Å². The second-order valence-electron chi connectivity index (χ2n) is 5.53. The monoisotopic (exact) mass is 340 g/mol. The SMILES string of the molecule is COc1cc(C(=O)O)ccc1COc1ccc2c(C)cc(=O)oc2c1. The van der Waals surface area contributed by atoms with Gasteiger partial charge in [0.25, 0.3) is 0 Å². The number of methoxy groups -OCH3 is 1. The van der Waals surface area contributed by atoms with E-state index in [1.54, 1.807) is 18.2 Å². The number of carbonyl (C=O) groups is 1. The van der Waals surface area contributed by atoms with Gasteiger partial charge in [-0.2, -0.15) is 0 Å². The molecule has 25 heavy (non-hydrogen) atoms. The van der Waals surface area contributed by atoms with Crippen LogP contribution in [0.2, 0.25) is 0 Å². The molecule has 2 aromatic carbocycles. The maximum absolute atomic E-state index is 11.5. The summed E-state index contributed by atoms with van der Waals surface area (Å²) in [4.78, 5) is 22.5. The van der Waals surface area contributed by atoms with E-state index in [-0.39, 0.29) is 12.2 Å². The first kappa shape index (κ1) is 16.6. The summed E-state index contributed by atoms with van der Waals surface area (Å²) in [6.07, 6.45) is 0. The zero-order valence-electron chi connectivity index (χ0n) is 13.7. The predicted molar refractivity (Wildman–Crippen MR) is 91.5 cm³/mol. The quantitative estimate of drug-likeness (QED) is 0.717. The Morgan fingerprint density at radius 1 is 1.16 bits per heavy atom. The van der Waals surface area contributed by atoms with Crippen molar-refractivity contribution in [1.82, 2.24) is 0 Å². The molecule has 1 heterocycles. The van der Waals surface area contributed by atoms with Crippen molar-refractivity contribution in [3.63, 3.8) is 0 Å². The summed E-state index contributed by atoms with van der Waals surface area (Å²) >= 11 is 0. The number of aromatic carboxylic acids is 1. The zero-order chi connectivity index (χ0) is 18.0. The molecule has 1 aromatic heterocycles. The lowest BCUT2D eigenvalue weighted by Crippen LogP contribution is -2.03. The Bertz CT molecular complexity index is 1000. The molecule has 0 amide bonds. The molecule has 1 N–H and O–H groups in total. The van der Waals surface area contributed by atoms with Gasteiger partial charge in [-0.05, 0) is 36.8 Å². The third-order valence-corrected chi connectivity index (χ3v) is 3.85. The molecular weight excluding hydrogens is 324 g/mol. The first-order valence-electron chi connectivity index (χ1n) is 7.55. The van der Waals surface area contributed by atoms with Crippen LogP contribution in [0.5, 0.6) is 11.5 Å². The molecule has 3 aromatic rings. The Labute approximate surface area is 143 Å². The fourth-order valence-corrected chi connectivity index (χ4v) is 2.55. The second-order valence-corrected chi connectivity index (χ2v) is 5.53. The number of rotatable bonds is 5. The van der Waals surface area contributed by atoms with E-state index in [4.69, 9.17) is 19.0 Å². The zero-order valence-corrected chi connectivity index (χ0v) is 13.7. The first-order valence-corrected chi connectivity index (χ1v) is 7.55. The molecule has 0 bridgehead atoms. The van der Waals surface area contributed by atoms with Gasteiger partial charge < -0.3 is 19.0 Å². The predicted octanol–water partition coefficient (Wildman–Crippen LogP) is 3.39. The minimum atomic E-state index is -1.02. The molecule has 6 nitrogen and oxygen atoms in total. The fourth-order valence-electron chi connectivity index (χ4n) is 2.55. The van der Waals surface area contributed by atoms with Gasteiger partial charge in [-0.1, -0.05) is 6.07 Å². The van der Waals surface area contributed by atoms with Crippen molar-refractivity contribution in [2.45, 2.75) is 13.5 Å². The molecule has 0 saturated carbocycles. The Hall–Kier alpha value is -3.28. The maximum Gasteiger partial charge on any atom is 0.336 e. The summed E-state index contributed by atoms with van der Waals surface area (Å²) in [5.41, 5.74) is 1.73. The van der Waals surface area contributed by atoms with Crippen molar-refractivity contribution < 1.29 is 23.8 Å². The Balaban J connectivity index is 1.85. The van der Waals surface area contributed by atoms with Gasteiger partial charge in [-0.25, -0.2) is 9.59 Å². The molecule has 0 aliphatic heterocycles. The molecule has 0 aliphatic rings. The van der Waals surface area contributed by atoms with Crippen molar-refractivity contribution in [2.75, 3.05) is 7.11 Å². The molecule has 0 radical (unpaired) electrons. The number of hydrogen-bond acceptors (Lipinski definition) is 5. The van der Waals surface area contributed by atoms with Crippen LogP contribution in [0.15, 0.2) is 51.7 Å². The number of carboxylic acid groups (broad SMARTS) is 1. The van der Waals surface area contributed by atoms with E-state index in [2.05, 4.69) is 0 Å². The van der Waals surface area contributed by atoms with Crippen LogP contribution in [0.1, 0.15) is 21.5 Å². The van der Waals surface area contributed by atoms with E-state index < -0.39 is 11.6 Å². The highest BCUT2D eigenvalue weighted by Crippen LogP contribution is 2.25. The topological polar surface area (TPSA) is 86.0 Å². The van der Waals surface area contributed by atoms with Gasteiger partial charge in [-0.15, -0.1) is 0 Å². The number of ether oxygens (including phenoxy) is 2. The maximum atomic E-state index is 11.5. The average Bonchev–Trinajstić information content (AvgIpc) is 2.59. The molecule has 128 valence electrons. The molecule has 0 aliphatic carbocycles. The highest BCUT2D eigenvalue weighted by Gasteiger charge is 2.10. The van der Waals surface area contributed by atoms with Crippen LogP contribution >= 0.6 is 0 Å². The second kappa shape index (κ2) is 6.68. The minimum Gasteiger partial charge on any atom is -0.496 e. The van der Waals surface area contributed by atoms with Crippen LogP contribution in [0.4, 0.5) is 0 Å². The van der Waals surface area contributed by atoms with Gasteiger partial charge in [0.1, 0.15) is 23.7 Å². The lowest BCUT2D eigenvalue weighted by molar-refractivity contribution is 0.0696. The highest BCUT2D eigenvalue weighted by atomic mass is 16.5. The lowest BCUT2D eigenvalue weighted by Gasteiger charge is -2.11. The molecule has 0 saturated heterocycles. The van der Waals surface area contributed by atoms with Crippen molar-refractivity contribution in [3.05, 3.63) is 69.6 Å². The minimum absolute atomic E-state index is 0.142. The number of carboxylic acids is 1. The third kappa shape index (κ3) is 3.47. The molecule has 3 rings (SSSR count). The molecule has 0 atom stereocenters. The summed E-state index contributed by atoms with van der Waals surface area (Å²) in [5.74, 6) is -0.0561. The van der Waals surface area contributed by atoms with E-state index >= 15 is 0 Å². The van der Waals surface area contributed by atoms with Gasteiger partial charge in [-0.3, -0.25) is 0 Å². The molecule has 0 fully saturated rings. The Morgan fingerprint density at radius 3 is 2.68 bits per heavy atom. The largest absolute Gasteiger partial charge is 0.496 e. The van der Waals surface area contributed by atoms with Crippen molar-refractivity contribution in [1.29, 1.82) is 0 Å². The molecule has 0 unspecified atom stereocenters. The van der Waals surface area contributed by atoms with E-state index in [0.29, 0.717) is 22.6 Å². The Morgan fingerprint density at radius 2 is 1.96 bits per heavy atom. The van der Waals surface area contributed by atoms with Crippen molar-refractivity contribution in [3.8, 4) is 11.5 Å². The van der Waals surface area contributed by atoms with E-state index in [9.17, 15) is 9.59 Å². The standard InChI is InChI=1S/C19H16O6/c1-11-7-18(20)25-17-9-14(5-6-15(11)17)24-10-13-4-3-12(19(21)22)8-16(13)23-2/h3-9H,10H2,1-2H3,(H,21,22). The van der Waals surface area contributed by atoms with Crippen molar-refractivity contribution >= 4 is 16.9 Å². The van der Waals surface area contributed by atoms with Gasteiger partial charge >= 0.3 is 11.6 Å². The average molecular weight is 340 g/mol. The molecule has 6 heteroatoms. The highest BCUT2D eigenvalue weighted by molar-refractivity contribution is 5.88. The summed E-state index contributed by atoms with van der Waals surface area (Å²) < 4.78 is 16.2. The van der Waals surface area contributed by atoms with Crippen LogP contribution in [0.3, 0.4) is 0 Å². The van der Waals surface area contributed by atoms with Crippen LogP contribution in [-0.4, -0.2) is 18.2 Å². The van der Waals surface area contributed by atoms with Crippen LogP contribution < -0.4 is 15.1 Å². The van der Waals surface area contributed by atoms with Crippen LogP contribution in [-0.2, 0) is 6.61 Å². The summed E-state index contributed by atoms with van der Waals surface area (Å²) in [5, 5.41) is 9.87. The van der Waals surface area contributed by atoms with E-state index in [1.807, 2.05) is 13.0 Å². The summed E-state index contributed by atoms with van der Waals surface area (Å²) in [7, 11) is 1.47. The van der Waals surface area contributed by atoms with E-state index in [1.165, 1.54) is 25.3 Å². The summed E-state index contributed by atoms with van der Waals surface area (Å²) in [6, 6.07) is 11.3. The first-order chi connectivity index (χ1) is 12.0. The number of benzene rings is 2.